The van der Waals surface area contributed by atoms with Crippen LogP contribution in [0.25, 0.3) is 0 Å². The van der Waals surface area contributed by atoms with Gasteiger partial charge < -0.3 is 5.11 Å². The normalized spacial score (nSPS) is 18.5. The van der Waals surface area contributed by atoms with E-state index in [1.165, 1.54) is 18.3 Å². The van der Waals surface area contributed by atoms with Gasteiger partial charge in [-0.05, 0) is 42.5 Å². The van der Waals surface area contributed by atoms with E-state index in [9.17, 15) is 14.3 Å². The first-order chi connectivity index (χ1) is 14.5. The molecule has 1 fully saturated rings. The summed E-state index contributed by atoms with van der Waals surface area (Å²) in [4.78, 5) is 16.6. The molecule has 30 heavy (non-hydrogen) atoms. The van der Waals surface area contributed by atoms with Gasteiger partial charge in [0.05, 0.1) is 12.8 Å². The Morgan fingerprint density at radius 3 is 2.60 bits per heavy atom. The lowest BCUT2D eigenvalue weighted by molar-refractivity contribution is -0.122. The molecular formula is C23H29FN4O2. The van der Waals surface area contributed by atoms with Gasteiger partial charge in [0, 0.05) is 38.3 Å². The first-order valence-corrected chi connectivity index (χ1v) is 10.3. The van der Waals surface area contributed by atoms with E-state index in [1.54, 1.807) is 6.08 Å². The molecule has 1 aromatic rings. The highest BCUT2D eigenvalue weighted by atomic mass is 19.1. The van der Waals surface area contributed by atoms with Crippen molar-refractivity contribution in [2.45, 2.75) is 25.8 Å². The SMILES string of the molecule is C=CCC1=C(O)C(/C=N/NC(=O)CN2CCN(Cc3ccc(F)cc3)CC2)=CCC1. The fourth-order valence-electron chi connectivity index (χ4n) is 3.67. The zero-order chi connectivity index (χ0) is 21.3. The molecule has 6 nitrogen and oxygen atoms in total. The van der Waals surface area contributed by atoms with Crippen LogP contribution in [0.4, 0.5) is 4.39 Å². The smallest absolute Gasteiger partial charge is 0.254 e. The van der Waals surface area contributed by atoms with Crippen molar-refractivity contribution in [3.05, 3.63) is 71.3 Å². The van der Waals surface area contributed by atoms with Crippen molar-refractivity contribution >= 4 is 12.1 Å². The Kier molecular flexibility index (Phi) is 7.93. The van der Waals surface area contributed by atoms with Gasteiger partial charge in [-0.25, -0.2) is 9.82 Å². The fourth-order valence-corrected chi connectivity index (χ4v) is 3.67. The molecule has 0 atom stereocenters. The molecule has 0 spiro atoms. The number of rotatable bonds is 8. The average molecular weight is 413 g/mol. The van der Waals surface area contributed by atoms with Gasteiger partial charge in [0.15, 0.2) is 0 Å². The number of aliphatic hydroxyl groups excluding tert-OH is 1. The van der Waals surface area contributed by atoms with E-state index in [-0.39, 0.29) is 24.0 Å². The zero-order valence-electron chi connectivity index (χ0n) is 17.2. The summed E-state index contributed by atoms with van der Waals surface area (Å²) in [7, 11) is 0. The van der Waals surface area contributed by atoms with Crippen LogP contribution in [0.15, 0.2) is 65.0 Å². The van der Waals surface area contributed by atoms with Crippen LogP contribution in [-0.2, 0) is 11.3 Å². The Labute approximate surface area is 177 Å². The van der Waals surface area contributed by atoms with Crippen molar-refractivity contribution in [3.63, 3.8) is 0 Å². The van der Waals surface area contributed by atoms with Gasteiger partial charge in [-0.1, -0.05) is 24.3 Å². The highest BCUT2D eigenvalue weighted by Crippen LogP contribution is 2.24. The van der Waals surface area contributed by atoms with Gasteiger partial charge in [0.2, 0.25) is 0 Å². The molecule has 0 aromatic heterocycles. The number of hydrogen-bond acceptors (Lipinski definition) is 5. The monoisotopic (exact) mass is 412 g/mol. The molecule has 7 heteroatoms. The molecule has 0 unspecified atom stereocenters. The summed E-state index contributed by atoms with van der Waals surface area (Å²) in [6.07, 6.45) is 7.48. The number of carbonyl (C=O) groups excluding carboxylic acids is 1. The summed E-state index contributed by atoms with van der Waals surface area (Å²) in [5.41, 5.74) is 5.21. The van der Waals surface area contributed by atoms with Gasteiger partial charge in [-0.15, -0.1) is 6.58 Å². The quantitative estimate of drug-likeness (QED) is 0.391. The average Bonchev–Trinajstić information content (AvgIpc) is 2.74. The summed E-state index contributed by atoms with van der Waals surface area (Å²) in [5, 5.41) is 14.3. The number of nitrogens with one attached hydrogen (secondary N) is 1. The predicted molar refractivity (Wildman–Crippen MR) is 117 cm³/mol. The number of hydrogen-bond donors (Lipinski definition) is 2. The number of aliphatic hydroxyl groups is 1. The molecule has 3 rings (SSSR count). The molecule has 2 aliphatic rings. The molecule has 1 aliphatic heterocycles. The second kappa shape index (κ2) is 10.8. The van der Waals surface area contributed by atoms with Crippen molar-refractivity contribution in [3.8, 4) is 0 Å². The van der Waals surface area contributed by atoms with Crippen molar-refractivity contribution in [1.82, 2.24) is 15.2 Å². The van der Waals surface area contributed by atoms with Crippen LogP contribution in [0.1, 0.15) is 24.8 Å². The maximum Gasteiger partial charge on any atom is 0.254 e. The molecule has 2 N–H and O–H groups in total. The maximum absolute atomic E-state index is 13.0. The molecule has 1 aromatic carbocycles. The maximum atomic E-state index is 13.0. The molecule has 1 saturated heterocycles. The van der Waals surface area contributed by atoms with Crippen molar-refractivity contribution in [2.75, 3.05) is 32.7 Å². The number of nitrogens with zero attached hydrogens (tertiary/aromatic N) is 3. The van der Waals surface area contributed by atoms with Crippen LogP contribution in [0.2, 0.25) is 0 Å². The minimum atomic E-state index is -0.222. The van der Waals surface area contributed by atoms with Crippen molar-refractivity contribution in [2.24, 2.45) is 5.10 Å². The number of benzene rings is 1. The van der Waals surface area contributed by atoms with E-state index >= 15 is 0 Å². The van der Waals surface area contributed by atoms with E-state index in [2.05, 4.69) is 26.9 Å². The van der Waals surface area contributed by atoms with Gasteiger partial charge in [-0.3, -0.25) is 14.6 Å². The van der Waals surface area contributed by atoms with Crippen LogP contribution >= 0.6 is 0 Å². The van der Waals surface area contributed by atoms with Gasteiger partial charge >= 0.3 is 0 Å². The number of hydrazone groups is 1. The molecule has 0 bridgehead atoms. The second-order valence-corrected chi connectivity index (χ2v) is 7.62. The lowest BCUT2D eigenvalue weighted by atomic mass is 9.96. The summed E-state index contributed by atoms with van der Waals surface area (Å²) >= 11 is 0. The number of carbonyl (C=O) groups is 1. The van der Waals surface area contributed by atoms with E-state index < -0.39 is 0 Å². The molecule has 0 radical (unpaired) electrons. The Bertz CT molecular complexity index is 837. The van der Waals surface area contributed by atoms with Gasteiger partial charge in [0.25, 0.3) is 5.91 Å². The first kappa shape index (κ1) is 21.9. The Balaban J connectivity index is 1.39. The van der Waals surface area contributed by atoms with Crippen LogP contribution < -0.4 is 5.43 Å². The van der Waals surface area contributed by atoms with Gasteiger partial charge in [0.1, 0.15) is 11.6 Å². The first-order valence-electron chi connectivity index (χ1n) is 10.3. The predicted octanol–water partition coefficient (Wildman–Crippen LogP) is 3.15. The van der Waals surface area contributed by atoms with Crippen LogP contribution in [0.3, 0.4) is 0 Å². The fraction of sp³-hybridized carbons (Fsp3) is 0.391. The molecule has 1 amide bonds. The zero-order valence-corrected chi connectivity index (χ0v) is 17.2. The van der Waals surface area contributed by atoms with Crippen LogP contribution in [0.5, 0.6) is 0 Å². The van der Waals surface area contributed by atoms with Crippen molar-refractivity contribution in [1.29, 1.82) is 0 Å². The van der Waals surface area contributed by atoms with Crippen LogP contribution in [0, 0.1) is 5.82 Å². The Morgan fingerprint density at radius 2 is 1.90 bits per heavy atom. The number of piperazine rings is 1. The van der Waals surface area contributed by atoms with Gasteiger partial charge in [-0.2, -0.15) is 5.10 Å². The lowest BCUT2D eigenvalue weighted by Crippen LogP contribution is -2.48. The molecule has 160 valence electrons. The number of allylic oxidation sites excluding steroid dienone is 4. The van der Waals surface area contributed by atoms with E-state index in [1.807, 2.05) is 18.2 Å². The standard InChI is InChI=1S/C23H29FN4O2/c1-2-4-19-5-3-6-20(23(19)30)15-25-26-22(29)17-28-13-11-27(12-14-28)16-18-7-9-21(24)10-8-18/h2,6-10,15,30H,1,3-5,11-14,16-17H2,(H,26,29)/b25-15+. The molecular weight excluding hydrogens is 383 g/mol. The third-order valence-corrected chi connectivity index (χ3v) is 5.35. The summed E-state index contributed by atoms with van der Waals surface area (Å²) in [6, 6.07) is 6.58. The summed E-state index contributed by atoms with van der Waals surface area (Å²) in [5.74, 6) is -0.165. The molecule has 0 saturated carbocycles. The third kappa shape index (κ3) is 6.37. The molecule has 1 heterocycles. The minimum absolute atomic E-state index is 0.176. The van der Waals surface area contributed by atoms with E-state index in [0.29, 0.717) is 12.0 Å². The van der Waals surface area contributed by atoms with E-state index in [4.69, 9.17) is 0 Å². The number of halogens is 1. The molecule has 1 aliphatic carbocycles. The highest BCUT2D eigenvalue weighted by molar-refractivity contribution is 5.86. The summed E-state index contributed by atoms with van der Waals surface area (Å²) in [6.45, 7) is 8.06. The van der Waals surface area contributed by atoms with E-state index in [0.717, 1.165) is 56.7 Å². The van der Waals surface area contributed by atoms with Crippen LogP contribution in [-0.4, -0.2) is 59.8 Å². The third-order valence-electron chi connectivity index (χ3n) is 5.35. The highest BCUT2D eigenvalue weighted by Gasteiger charge is 2.19. The minimum Gasteiger partial charge on any atom is -0.507 e. The van der Waals surface area contributed by atoms with Crippen molar-refractivity contribution < 1.29 is 14.3 Å². The Morgan fingerprint density at radius 1 is 1.20 bits per heavy atom. The number of amides is 1. The Hall–Kier alpha value is -2.77. The topological polar surface area (TPSA) is 68.2 Å². The lowest BCUT2D eigenvalue weighted by Gasteiger charge is -2.34. The summed E-state index contributed by atoms with van der Waals surface area (Å²) < 4.78 is 13.0. The second-order valence-electron chi connectivity index (χ2n) is 7.62. The largest absolute Gasteiger partial charge is 0.507 e.